The number of rotatable bonds is 7. The smallest absolute Gasteiger partial charge is 0.255 e. The molecule has 1 amide bonds. The maximum absolute atomic E-state index is 14.1. The summed E-state index contributed by atoms with van der Waals surface area (Å²) in [5.41, 5.74) is -0.0912. The van der Waals surface area contributed by atoms with Gasteiger partial charge in [0, 0.05) is 33.8 Å². The maximum Gasteiger partial charge on any atom is 0.255 e. The molecular weight excluding hydrogens is 437 g/mol. The number of carbonyl (C=O) groups excluding carboxylic acids is 1. The van der Waals surface area contributed by atoms with Crippen LogP contribution in [0, 0.1) is 5.82 Å². The lowest BCUT2D eigenvalue weighted by Crippen LogP contribution is -2.24. The van der Waals surface area contributed by atoms with Gasteiger partial charge in [-0.3, -0.25) is 4.79 Å². The van der Waals surface area contributed by atoms with Gasteiger partial charge in [0.25, 0.3) is 5.91 Å². The van der Waals surface area contributed by atoms with E-state index in [0.29, 0.717) is 0 Å². The molecule has 2 aromatic rings. The Hall–Kier alpha value is -2.54. The topological polar surface area (TPSA) is 113 Å². The van der Waals surface area contributed by atoms with E-state index >= 15 is 0 Å². The fraction of sp³-hybridized carbons (Fsp3) is 0.278. The van der Waals surface area contributed by atoms with Crippen molar-refractivity contribution in [1.29, 1.82) is 0 Å². The molecule has 0 aliphatic heterocycles. The summed E-state index contributed by atoms with van der Waals surface area (Å²) < 4.78 is 70.3. The minimum Gasteiger partial charge on any atom is -0.495 e. The van der Waals surface area contributed by atoms with Gasteiger partial charge < -0.3 is 10.1 Å². The van der Waals surface area contributed by atoms with Crippen LogP contribution >= 0.6 is 0 Å². The Bertz CT molecular complexity index is 1180. The zero-order valence-electron chi connectivity index (χ0n) is 17.0. The number of hydrogen-bond donors (Lipinski definition) is 1. The van der Waals surface area contributed by atoms with Crippen molar-refractivity contribution in [3.63, 3.8) is 0 Å². The molecule has 0 aliphatic rings. The number of ether oxygens (including phenoxy) is 1. The summed E-state index contributed by atoms with van der Waals surface area (Å²) >= 11 is 0. The highest BCUT2D eigenvalue weighted by atomic mass is 32.2. The number of halogens is 1. The Morgan fingerprint density at radius 1 is 0.933 bits per heavy atom. The second-order valence-corrected chi connectivity index (χ2v) is 10.8. The molecule has 0 radical (unpaired) electrons. The van der Waals surface area contributed by atoms with Gasteiger partial charge in [-0.15, -0.1) is 0 Å². The van der Waals surface area contributed by atoms with E-state index in [1.165, 1.54) is 53.5 Å². The summed E-state index contributed by atoms with van der Waals surface area (Å²) in [7, 11) is -1.35. The van der Waals surface area contributed by atoms with Crippen molar-refractivity contribution >= 4 is 31.6 Å². The van der Waals surface area contributed by atoms with Crippen LogP contribution in [0.25, 0.3) is 0 Å². The Kier molecular flexibility index (Phi) is 6.87. The highest BCUT2D eigenvalue weighted by Gasteiger charge is 2.24. The number of anilines is 1. The second kappa shape index (κ2) is 8.68. The van der Waals surface area contributed by atoms with E-state index in [9.17, 15) is 26.0 Å². The first-order valence-electron chi connectivity index (χ1n) is 8.46. The van der Waals surface area contributed by atoms with Crippen LogP contribution in [-0.4, -0.2) is 66.7 Å². The van der Waals surface area contributed by atoms with Gasteiger partial charge in [-0.05, 0) is 36.4 Å². The number of nitrogens with zero attached hydrogens (tertiary/aromatic N) is 2. The molecular formula is C18H22FN3O6S2. The lowest BCUT2D eigenvalue weighted by molar-refractivity contribution is 0.102. The molecule has 0 unspecified atom stereocenters. The normalized spacial score (nSPS) is 12.3. The van der Waals surface area contributed by atoms with Crippen molar-refractivity contribution in [2.75, 3.05) is 40.6 Å². The SMILES string of the molecule is COc1ccc(S(=O)(=O)N(C)C)cc1NC(=O)c1ccc(F)c(S(=O)(=O)N(C)C)c1. The molecule has 0 spiro atoms. The van der Waals surface area contributed by atoms with Crippen LogP contribution < -0.4 is 10.1 Å². The van der Waals surface area contributed by atoms with Gasteiger partial charge >= 0.3 is 0 Å². The largest absolute Gasteiger partial charge is 0.495 e. The number of carbonyl (C=O) groups is 1. The Balaban J connectivity index is 2.48. The molecule has 1 N–H and O–H groups in total. The first-order chi connectivity index (χ1) is 13.8. The third kappa shape index (κ3) is 4.61. The first kappa shape index (κ1) is 23.7. The molecule has 0 aliphatic carbocycles. The van der Waals surface area contributed by atoms with E-state index in [0.717, 1.165) is 26.8 Å². The molecule has 0 heterocycles. The van der Waals surface area contributed by atoms with Crippen molar-refractivity contribution < 1.29 is 30.8 Å². The number of sulfonamides is 2. The zero-order valence-corrected chi connectivity index (χ0v) is 18.6. The van der Waals surface area contributed by atoms with Gasteiger partial charge in [0.2, 0.25) is 20.0 Å². The highest BCUT2D eigenvalue weighted by molar-refractivity contribution is 7.89. The van der Waals surface area contributed by atoms with Crippen molar-refractivity contribution in [3.05, 3.63) is 47.8 Å². The molecule has 9 nitrogen and oxygen atoms in total. The molecule has 0 saturated heterocycles. The minimum absolute atomic E-state index is 0.0479. The van der Waals surface area contributed by atoms with Crippen LogP contribution in [-0.2, 0) is 20.0 Å². The lowest BCUT2D eigenvalue weighted by atomic mass is 10.2. The van der Waals surface area contributed by atoms with Crippen molar-refractivity contribution in [3.8, 4) is 5.75 Å². The number of benzene rings is 2. The molecule has 0 atom stereocenters. The highest BCUT2D eigenvalue weighted by Crippen LogP contribution is 2.29. The van der Waals surface area contributed by atoms with Gasteiger partial charge in [0.05, 0.1) is 17.7 Å². The van der Waals surface area contributed by atoms with Crippen molar-refractivity contribution in [1.82, 2.24) is 8.61 Å². The number of amides is 1. The second-order valence-electron chi connectivity index (χ2n) is 6.54. The molecule has 0 bridgehead atoms. The molecule has 164 valence electrons. The van der Waals surface area contributed by atoms with Crippen LogP contribution in [0.1, 0.15) is 10.4 Å². The molecule has 0 aromatic heterocycles. The molecule has 2 rings (SSSR count). The average molecular weight is 460 g/mol. The first-order valence-corrected chi connectivity index (χ1v) is 11.3. The maximum atomic E-state index is 14.1. The zero-order chi connectivity index (χ0) is 22.9. The Morgan fingerprint density at radius 3 is 2.07 bits per heavy atom. The summed E-state index contributed by atoms with van der Waals surface area (Å²) in [6.45, 7) is 0. The quantitative estimate of drug-likeness (QED) is 0.673. The fourth-order valence-corrected chi connectivity index (χ4v) is 4.30. The van der Waals surface area contributed by atoms with E-state index in [-0.39, 0.29) is 21.9 Å². The van der Waals surface area contributed by atoms with Crippen molar-refractivity contribution in [2.45, 2.75) is 9.79 Å². The van der Waals surface area contributed by atoms with Gasteiger partial charge in [-0.25, -0.2) is 29.8 Å². The molecule has 12 heteroatoms. The predicted molar refractivity (Wildman–Crippen MR) is 109 cm³/mol. The fourth-order valence-electron chi connectivity index (χ4n) is 2.39. The third-order valence-electron chi connectivity index (χ3n) is 4.15. The van der Waals surface area contributed by atoms with Crippen molar-refractivity contribution in [2.24, 2.45) is 0 Å². The van der Waals surface area contributed by atoms with Gasteiger partial charge in [-0.2, -0.15) is 0 Å². The van der Waals surface area contributed by atoms with Gasteiger partial charge in [-0.1, -0.05) is 0 Å². The molecule has 0 fully saturated rings. The number of methoxy groups -OCH3 is 1. The summed E-state index contributed by atoms with van der Waals surface area (Å²) in [4.78, 5) is 11.9. The molecule has 2 aromatic carbocycles. The number of hydrogen-bond acceptors (Lipinski definition) is 6. The van der Waals surface area contributed by atoms with E-state index in [2.05, 4.69) is 5.32 Å². The molecule has 30 heavy (non-hydrogen) atoms. The Morgan fingerprint density at radius 2 is 1.53 bits per heavy atom. The Labute approximate surface area is 175 Å². The van der Waals surface area contributed by atoms with Crippen LogP contribution in [0.15, 0.2) is 46.2 Å². The van der Waals surface area contributed by atoms with Crippen LogP contribution in [0.2, 0.25) is 0 Å². The number of nitrogens with one attached hydrogen (secondary N) is 1. The standard InChI is InChI=1S/C18H22FN3O6S2/c1-21(2)29(24,25)13-7-9-16(28-5)15(11-13)20-18(23)12-6-8-14(19)17(10-12)30(26,27)22(3)4/h6-11H,1-5H3,(H,20,23). The lowest BCUT2D eigenvalue weighted by Gasteiger charge is -2.16. The third-order valence-corrected chi connectivity index (χ3v) is 7.79. The predicted octanol–water partition coefficient (Wildman–Crippen LogP) is 1.59. The van der Waals surface area contributed by atoms with Gasteiger partial charge in [0.1, 0.15) is 16.5 Å². The monoisotopic (exact) mass is 459 g/mol. The van der Waals surface area contributed by atoms with Gasteiger partial charge in [0.15, 0.2) is 0 Å². The van der Waals surface area contributed by atoms with Crippen LogP contribution in [0.4, 0.5) is 10.1 Å². The van der Waals surface area contributed by atoms with E-state index in [1.54, 1.807) is 0 Å². The average Bonchev–Trinajstić information content (AvgIpc) is 2.67. The molecule has 0 saturated carbocycles. The summed E-state index contributed by atoms with van der Waals surface area (Å²) in [5.74, 6) is -1.59. The van der Waals surface area contributed by atoms with Crippen LogP contribution in [0.5, 0.6) is 5.75 Å². The van der Waals surface area contributed by atoms with E-state index in [4.69, 9.17) is 4.74 Å². The van der Waals surface area contributed by atoms with E-state index < -0.39 is 36.7 Å². The summed E-state index contributed by atoms with van der Waals surface area (Å²) in [6, 6.07) is 6.81. The minimum atomic E-state index is -4.12. The summed E-state index contributed by atoms with van der Waals surface area (Å²) in [5, 5.41) is 2.48. The van der Waals surface area contributed by atoms with Crippen LogP contribution in [0.3, 0.4) is 0 Å². The van der Waals surface area contributed by atoms with E-state index in [1.807, 2.05) is 0 Å². The summed E-state index contributed by atoms with van der Waals surface area (Å²) in [6.07, 6.45) is 0.